The summed E-state index contributed by atoms with van der Waals surface area (Å²) in [7, 11) is 1.86. The van der Waals surface area contributed by atoms with Crippen LogP contribution in [0.1, 0.15) is 29.7 Å². The Morgan fingerprint density at radius 1 is 1.24 bits per heavy atom. The van der Waals surface area contributed by atoms with E-state index in [1.54, 1.807) is 6.07 Å². The summed E-state index contributed by atoms with van der Waals surface area (Å²) in [6, 6.07) is 10.8. The Labute approximate surface area is 133 Å². The zero-order chi connectivity index (χ0) is 15.4. The molecule has 2 aromatic rings. The van der Waals surface area contributed by atoms with E-state index < -0.39 is 0 Å². The molecule has 0 bridgehead atoms. The van der Waals surface area contributed by atoms with Crippen LogP contribution in [0.4, 0.5) is 4.39 Å². The molecule has 1 N–H and O–H groups in total. The van der Waals surface area contributed by atoms with Crippen LogP contribution in [-0.2, 0) is 0 Å². The van der Waals surface area contributed by atoms with Gasteiger partial charge in [-0.15, -0.1) is 0 Å². The van der Waals surface area contributed by atoms with Crippen molar-refractivity contribution in [2.45, 2.75) is 19.9 Å². The highest BCUT2D eigenvalue weighted by Crippen LogP contribution is 2.33. The van der Waals surface area contributed by atoms with Gasteiger partial charge in [-0.2, -0.15) is 0 Å². The zero-order valence-electron chi connectivity index (χ0n) is 12.4. The Hall–Kier alpha value is -1.39. The molecule has 0 amide bonds. The topological polar surface area (TPSA) is 21.3 Å². The van der Waals surface area contributed by atoms with Crippen molar-refractivity contribution in [3.05, 3.63) is 63.4 Å². The van der Waals surface area contributed by atoms with E-state index in [-0.39, 0.29) is 11.9 Å². The zero-order valence-corrected chi connectivity index (χ0v) is 14.0. The fraction of sp³-hybridized carbons (Fsp3) is 0.294. The molecule has 2 nitrogen and oxygen atoms in total. The number of nitrogens with one attached hydrogen (secondary N) is 1. The SMILES string of the molecule is CCOc1ccc(Br)cc1C(NC)c1cc(C)cc(F)c1. The molecule has 0 heterocycles. The van der Waals surface area contributed by atoms with Crippen molar-refractivity contribution in [3.63, 3.8) is 0 Å². The summed E-state index contributed by atoms with van der Waals surface area (Å²) in [6.45, 7) is 4.43. The van der Waals surface area contributed by atoms with Gasteiger partial charge in [0.05, 0.1) is 12.6 Å². The lowest BCUT2D eigenvalue weighted by atomic mass is 9.96. The number of hydrogen-bond acceptors (Lipinski definition) is 2. The molecule has 112 valence electrons. The van der Waals surface area contributed by atoms with Crippen molar-refractivity contribution in [1.29, 1.82) is 0 Å². The molecule has 0 spiro atoms. The Morgan fingerprint density at radius 2 is 2.00 bits per heavy atom. The van der Waals surface area contributed by atoms with Crippen molar-refractivity contribution >= 4 is 15.9 Å². The highest BCUT2D eigenvalue weighted by Gasteiger charge is 2.18. The van der Waals surface area contributed by atoms with Crippen LogP contribution in [0.25, 0.3) is 0 Å². The van der Waals surface area contributed by atoms with Crippen LogP contribution in [0.5, 0.6) is 5.75 Å². The highest BCUT2D eigenvalue weighted by atomic mass is 79.9. The smallest absolute Gasteiger partial charge is 0.124 e. The third-order valence-corrected chi connectivity index (χ3v) is 3.76. The minimum atomic E-state index is -0.224. The second-order valence-corrected chi connectivity index (χ2v) is 5.81. The van der Waals surface area contributed by atoms with Crippen molar-refractivity contribution in [2.75, 3.05) is 13.7 Å². The second-order valence-electron chi connectivity index (χ2n) is 4.90. The first-order valence-electron chi connectivity index (χ1n) is 6.91. The van der Waals surface area contributed by atoms with E-state index in [4.69, 9.17) is 4.74 Å². The largest absolute Gasteiger partial charge is 0.494 e. The monoisotopic (exact) mass is 351 g/mol. The third-order valence-electron chi connectivity index (χ3n) is 3.27. The molecule has 4 heteroatoms. The van der Waals surface area contributed by atoms with Gasteiger partial charge in [0.2, 0.25) is 0 Å². The molecule has 0 aliphatic heterocycles. The number of ether oxygens (including phenoxy) is 1. The normalized spacial score (nSPS) is 12.2. The van der Waals surface area contributed by atoms with Crippen LogP contribution in [0, 0.1) is 12.7 Å². The first-order chi connectivity index (χ1) is 10.0. The first-order valence-corrected chi connectivity index (χ1v) is 7.71. The van der Waals surface area contributed by atoms with Gasteiger partial charge in [0.15, 0.2) is 0 Å². The summed E-state index contributed by atoms with van der Waals surface area (Å²) in [5.74, 6) is 0.583. The van der Waals surface area contributed by atoms with E-state index in [1.807, 2.05) is 45.2 Å². The quantitative estimate of drug-likeness (QED) is 0.849. The summed E-state index contributed by atoms with van der Waals surface area (Å²) >= 11 is 3.49. The molecule has 0 saturated carbocycles. The van der Waals surface area contributed by atoms with E-state index in [0.29, 0.717) is 6.61 Å². The van der Waals surface area contributed by atoms with Gasteiger partial charge in [0.1, 0.15) is 11.6 Å². The minimum Gasteiger partial charge on any atom is -0.494 e. The number of benzene rings is 2. The van der Waals surface area contributed by atoms with Gasteiger partial charge >= 0.3 is 0 Å². The van der Waals surface area contributed by atoms with Crippen LogP contribution in [0.3, 0.4) is 0 Å². The maximum Gasteiger partial charge on any atom is 0.124 e. The maximum atomic E-state index is 13.7. The van der Waals surface area contributed by atoms with Crippen LogP contribution >= 0.6 is 15.9 Å². The van der Waals surface area contributed by atoms with E-state index in [9.17, 15) is 4.39 Å². The first kappa shape index (κ1) is 16.0. The van der Waals surface area contributed by atoms with Crippen LogP contribution in [0.2, 0.25) is 0 Å². The minimum absolute atomic E-state index is 0.126. The van der Waals surface area contributed by atoms with E-state index >= 15 is 0 Å². The second kappa shape index (κ2) is 7.05. The maximum absolute atomic E-state index is 13.7. The predicted molar refractivity (Wildman–Crippen MR) is 87.4 cm³/mol. The van der Waals surface area contributed by atoms with Crippen LogP contribution in [0.15, 0.2) is 40.9 Å². The van der Waals surface area contributed by atoms with Gasteiger partial charge in [-0.25, -0.2) is 4.39 Å². The third kappa shape index (κ3) is 3.83. The molecular formula is C17H19BrFNO. The van der Waals surface area contributed by atoms with E-state index in [1.165, 1.54) is 6.07 Å². The summed E-state index contributed by atoms with van der Waals surface area (Å²) in [5.41, 5.74) is 2.77. The molecule has 0 aromatic heterocycles. The predicted octanol–water partition coefficient (Wildman–Crippen LogP) is 4.60. The number of rotatable bonds is 5. The summed E-state index contributed by atoms with van der Waals surface area (Å²) in [4.78, 5) is 0. The standard InChI is InChI=1S/C17H19BrFNO/c1-4-21-16-6-5-13(18)10-15(16)17(20-3)12-7-11(2)8-14(19)9-12/h5-10,17,20H,4H2,1-3H3. The molecule has 0 aliphatic carbocycles. The summed E-state index contributed by atoms with van der Waals surface area (Å²) < 4.78 is 20.4. The lowest BCUT2D eigenvalue weighted by molar-refractivity contribution is 0.334. The lowest BCUT2D eigenvalue weighted by Gasteiger charge is -2.21. The Morgan fingerprint density at radius 3 is 2.62 bits per heavy atom. The van der Waals surface area contributed by atoms with Gasteiger partial charge in [0.25, 0.3) is 0 Å². The molecule has 1 atom stereocenters. The van der Waals surface area contributed by atoms with Crippen molar-refractivity contribution in [1.82, 2.24) is 5.32 Å². The van der Waals surface area contributed by atoms with Gasteiger partial charge in [-0.1, -0.05) is 22.0 Å². The lowest BCUT2D eigenvalue weighted by Crippen LogP contribution is -2.19. The van der Waals surface area contributed by atoms with Crippen LogP contribution in [-0.4, -0.2) is 13.7 Å². The van der Waals surface area contributed by atoms with Gasteiger partial charge in [-0.3, -0.25) is 0 Å². The number of hydrogen-bond donors (Lipinski definition) is 1. The molecule has 21 heavy (non-hydrogen) atoms. The molecule has 1 unspecified atom stereocenters. The number of halogens is 2. The van der Waals surface area contributed by atoms with Crippen molar-refractivity contribution in [2.24, 2.45) is 0 Å². The van der Waals surface area contributed by atoms with Crippen LogP contribution < -0.4 is 10.1 Å². The van der Waals surface area contributed by atoms with E-state index in [2.05, 4.69) is 21.2 Å². The Balaban J connectivity index is 2.52. The molecule has 0 aliphatic rings. The van der Waals surface area contributed by atoms with Gasteiger partial charge < -0.3 is 10.1 Å². The molecule has 0 fully saturated rings. The fourth-order valence-electron chi connectivity index (χ4n) is 2.46. The summed E-state index contributed by atoms with van der Waals surface area (Å²) in [5, 5.41) is 3.25. The Kier molecular flexibility index (Phi) is 5.37. The summed E-state index contributed by atoms with van der Waals surface area (Å²) in [6.07, 6.45) is 0. The van der Waals surface area contributed by atoms with Crippen molar-refractivity contribution < 1.29 is 9.13 Å². The van der Waals surface area contributed by atoms with E-state index in [0.717, 1.165) is 26.9 Å². The molecular weight excluding hydrogens is 333 g/mol. The molecule has 0 saturated heterocycles. The molecule has 2 aromatic carbocycles. The molecule has 0 radical (unpaired) electrons. The highest BCUT2D eigenvalue weighted by molar-refractivity contribution is 9.10. The fourth-order valence-corrected chi connectivity index (χ4v) is 2.84. The van der Waals surface area contributed by atoms with Gasteiger partial charge in [-0.05, 0) is 62.4 Å². The van der Waals surface area contributed by atoms with Gasteiger partial charge in [0, 0.05) is 10.0 Å². The van der Waals surface area contributed by atoms with Crippen molar-refractivity contribution in [3.8, 4) is 5.75 Å². The average molecular weight is 352 g/mol. The Bertz CT molecular complexity index is 610. The average Bonchev–Trinajstić information content (AvgIpc) is 2.41. The number of aryl methyl sites for hydroxylation is 1. The molecule has 2 rings (SSSR count).